The Kier molecular flexibility index (Phi) is 12.4. The van der Waals surface area contributed by atoms with Gasteiger partial charge in [0.1, 0.15) is 22.8 Å². The number of hydrogen-bond donors (Lipinski definition) is 2. The molecule has 0 radical (unpaired) electrons. The predicted molar refractivity (Wildman–Crippen MR) is 220 cm³/mol. The average molecular weight is 754 g/mol. The maximum Gasteiger partial charge on any atom is 0.230 e. The first-order chi connectivity index (χ1) is 26.2. The van der Waals surface area contributed by atoms with Gasteiger partial charge < -0.3 is 29.3 Å². The molecule has 1 heterocycles. The molecular weight excluding hydrogens is 695 g/mol. The zero-order valence-electron chi connectivity index (χ0n) is 32.4. The van der Waals surface area contributed by atoms with Crippen molar-refractivity contribution in [1.29, 1.82) is 0 Å². The summed E-state index contributed by atoms with van der Waals surface area (Å²) in [5, 5.41) is 27.6. The number of nitrogens with zero attached hydrogens (tertiary/aromatic N) is 1. The number of allylic oxidation sites excluding steroid dienone is 1. The average Bonchev–Trinajstić information content (AvgIpc) is 3.68. The zero-order chi connectivity index (χ0) is 37.7. The summed E-state index contributed by atoms with van der Waals surface area (Å²) in [6.45, 7) is 10.9. The molecule has 8 heteroatoms. The Morgan fingerprint density at radius 1 is 0.926 bits per heavy atom. The van der Waals surface area contributed by atoms with Crippen molar-refractivity contribution in [3.05, 3.63) is 90.5 Å². The third-order valence-electron chi connectivity index (χ3n) is 11.7. The van der Waals surface area contributed by atoms with Crippen LogP contribution in [0.2, 0.25) is 0 Å². The van der Waals surface area contributed by atoms with Crippen LogP contribution in [0, 0.1) is 17.8 Å². The molecule has 3 aliphatic carbocycles. The molecule has 2 saturated carbocycles. The highest BCUT2D eigenvalue weighted by Gasteiger charge is 2.64. The van der Waals surface area contributed by atoms with Crippen molar-refractivity contribution in [3.8, 4) is 17.2 Å². The van der Waals surface area contributed by atoms with Gasteiger partial charge in [-0.2, -0.15) is 0 Å². The van der Waals surface area contributed by atoms with Crippen LogP contribution in [-0.4, -0.2) is 57.6 Å². The number of hydrogen-bond acceptors (Lipinski definition) is 8. The van der Waals surface area contributed by atoms with E-state index in [4.69, 9.17) is 24.2 Å². The molecule has 4 aliphatic rings. The summed E-state index contributed by atoms with van der Waals surface area (Å²) in [7, 11) is 0. The molecule has 0 amide bonds. The molecule has 6 atom stereocenters. The first-order valence-corrected chi connectivity index (χ1v) is 21.3. The Balaban J connectivity index is 1.39. The summed E-state index contributed by atoms with van der Waals surface area (Å²) in [6, 6.07) is 20.9. The van der Waals surface area contributed by atoms with Crippen LogP contribution in [0.3, 0.4) is 0 Å². The minimum Gasteiger partial charge on any atom is -0.460 e. The second-order valence-corrected chi connectivity index (χ2v) is 18.1. The van der Waals surface area contributed by atoms with Crippen LogP contribution < -0.4 is 9.47 Å². The summed E-state index contributed by atoms with van der Waals surface area (Å²) in [5.74, 6) is 1.82. The van der Waals surface area contributed by atoms with Gasteiger partial charge in [-0.1, -0.05) is 73.3 Å². The van der Waals surface area contributed by atoms with Crippen molar-refractivity contribution in [2.24, 2.45) is 22.9 Å². The van der Waals surface area contributed by atoms with E-state index < -0.39 is 11.4 Å². The van der Waals surface area contributed by atoms with Gasteiger partial charge in [0.15, 0.2) is 0 Å². The van der Waals surface area contributed by atoms with E-state index in [1.54, 1.807) is 0 Å². The molecule has 1 aliphatic heterocycles. The van der Waals surface area contributed by atoms with Gasteiger partial charge in [-0.3, -0.25) is 0 Å². The van der Waals surface area contributed by atoms with Gasteiger partial charge in [0.05, 0.1) is 23.5 Å². The van der Waals surface area contributed by atoms with Crippen molar-refractivity contribution in [2.75, 3.05) is 19.8 Å². The molecule has 2 N–H and O–H groups in total. The topological polar surface area (TPSA) is 89.7 Å². The Labute approximate surface area is 326 Å². The lowest BCUT2D eigenvalue weighted by Gasteiger charge is -2.58. The molecule has 3 aromatic rings. The molecular formula is C46H59NO6S. The van der Waals surface area contributed by atoms with Crippen LogP contribution in [0.25, 0.3) is 10.8 Å². The van der Waals surface area contributed by atoms with Crippen molar-refractivity contribution >= 4 is 28.2 Å². The summed E-state index contributed by atoms with van der Waals surface area (Å²) >= 11 is 2.03. The van der Waals surface area contributed by atoms with E-state index in [0.717, 1.165) is 78.0 Å². The lowest BCUT2D eigenvalue weighted by molar-refractivity contribution is -0.223. The van der Waals surface area contributed by atoms with Crippen molar-refractivity contribution in [2.45, 2.75) is 119 Å². The van der Waals surface area contributed by atoms with Crippen LogP contribution in [0.15, 0.2) is 90.1 Å². The summed E-state index contributed by atoms with van der Waals surface area (Å²) in [5.41, 5.74) is 2.84. The third kappa shape index (κ3) is 8.42. The van der Waals surface area contributed by atoms with Gasteiger partial charge in [0.25, 0.3) is 0 Å². The maximum absolute atomic E-state index is 9.93. The minimum absolute atomic E-state index is 0.0155. The van der Waals surface area contributed by atoms with E-state index in [2.05, 4.69) is 61.2 Å². The van der Waals surface area contributed by atoms with E-state index in [1.807, 2.05) is 50.7 Å². The Hall–Kier alpha value is -3.30. The highest BCUT2D eigenvalue weighted by Crippen LogP contribution is 2.63. The number of aliphatic hydroxyl groups excluding tert-OH is 2. The normalized spacial score (nSPS) is 27.2. The van der Waals surface area contributed by atoms with Gasteiger partial charge in [-0.15, -0.1) is 18.3 Å². The molecule has 3 aromatic carbocycles. The van der Waals surface area contributed by atoms with Crippen molar-refractivity contribution in [3.63, 3.8) is 0 Å². The Morgan fingerprint density at radius 3 is 2.39 bits per heavy atom. The highest BCUT2D eigenvalue weighted by atomic mass is 32.2. The number of aliphatic hydroxyl groups is 2. The highest BCUT2D eigenvalue weighted by molar-refractivity contribution is 8.00. The van der Waals surface area contributed by atoms with E-state index in [-0.39, 0.29) is 42.1 Å². The molecule has 0 aromatic heterocycles. The lowest BCUT2D eigenvalue weighted by atomic mass is 9.56. The quantitative estimate of drug-likeness (QED) is 0.0855. The zero-order valence-corrected chi connectivity index (χ0v) is 33.2. The third-order valence-corrected chi connectivity index (χ3v) is 13.3. The molecule has 7 rings (SSSR count). The minimum atomic E-state index is -0.947. The molecule has 6 unspecified atom stereocenters. The molecule has 0 spiro atoms. The first-order valence-electron chi connectivity index (χ1n) is 20.3. The van der Waals surface area contributed by atoms with Crippen LogP contribution in [0.5, 0.6) is 17.2 Å². The summed E-state index contributed by atoms with van der Waals surface area (Å²) < 4.78 is 21.1. The number of ether oxygens (including phenoxy) is 3. The second kappa shape index (κ2) is 17.2. The fraction of sp³-hybridized carbons (Fsp3) is 0.543. The predicted octanol–water partition coefficient (Wildman–Crippen LogP) is 10.7. The molecule has 0 bridgehead atoms. The van der Waals surface area contributed by atoms with Crippen LogP contribution >= 0.6 is 11.8 Å². The van der Waals surface area contributed by atoms with Gasteiger partial charge in [0.2, 0.25) is 5.79 Å². The molecule has 2 fully saturated rings. The van der Waals surface area contributed by atoms with Crippen LogP contribution in [0.4, 0.5) is 0 Å². The van der Waals surface area contributed by atoms with E-state index in [1.165, 1.54) is 31.1 Å². The fourth-order valence-corrected chi connectivity index (χ4v) is 11.1. The Morgan fingerprint density at radius 2 is 1.65 bits per heavy atom. The number of rotatable bonds is 16. The largest absolute Gasteiger partial charge is 0.460 e. The standard InChI is InChI=1S/C46H59NO6S/c1-5-26-50-46-42(54-36-17-8-9-18-36)30-40(47-53-45(2,3)4)38-28-33(16-10-12-24-48)37(19-11-13-25-49)43(44(38)46)39-29-35(22-23-41(39)52-46)51-34-21-20-31-14-6-7-15-32(31)27-34/h5-7,14-15,20-23,27-29,33,36-37,42-44,48-49H,1,8-13,16-19,24-26,30H2,2-4H3. The summed E-state index contributed by atoms with van der Waals surface area (Å²) in [4.78, 5) is 6.26. The monoisotopic (exact) mass is 753 g/mol. The number of thioether (sulfide) groups is 1. The lowest BCUT2D eigenvalue weighted by Crippen LogP contribution is -2.64. The van der Waals surface area contributed by atoms with E-state index >= 15 is 0 Å². The SMILES string of the molecule is C=CCOC12Oc3ccc(Oc4ccc5ccccc5c4)cc3C3C(CCCCO)C(CCCCO)C=C(C(=NOC(C)(C)C)CC1SC1CCCC1)C32. The smallest absolute Gasteiger partial charge is 0.230 e. The first kappa shape index (κ1) is 39.0. The molecule has 7 nitrogen and oxygen atoms in total. The maximum atomic E-state index is 9.93. The second-order valence-electron chi connectivity index (χ2n) is 16.6. The van der Waals surface area contributed by atoms with Crippen molar-refractivity contribution in [1.82, 2.24) is 0 Å². The van der Waals surface area contributed by atoms with Crippen molar-refractivity contribution < 1.29 is 29.3 Å². The van der Waals surface area contributed by atoms with Gasteiger partial charge in [-0.05, 0) is 118 Å². The summed E-state index contributed by atoms with van der Waals surface area (Å²) in [6.07, 6.45) is 15.2. The number of oxime groups is 1. The fourth-order valence-electron chi connectivity index (χ4n) is 9.32. The number of benzene rings is 3. The van der Waals surface area contributed by atoms with E-state index in [9.17, 15) is 10.2 Å². The van der Waals surface area contributed by atoms with Crippen LogP contribution in [-0.2, 0) is 9.57 Å². The molecule has 54 heavy (non-hydrogen) atoms. The molecule has 0 saturated heterocycles. The van der Waals surface area contributed by atoms with Gasteiger partial charge >= 0.3 is 0 Å². The number of unbranched alkanes of at least 4 members (excludes halogenated alkanes) is 2. The Bertz CT molecular complexity index is 1810. The van der Waals surface area contributed by atoms with Crippen LogP contribution in [0.1, 0.15) is 103 Å². The van der Waals surface area contributed by atoms with Gasteiger partial charge in [0, 0.05) is 36.4 Å². The van der Waals surface area contributed by atoms with Gasteiger partial charge in [-0.25, -0.2) is 0 Å². The number of fused-ring (bicyclic) bond motifs is 3. The van der Waals surface area contributed by atoms with E-state index in [0.29, 0.717) is 18.3 Å². The molecule has 290 valence electrons.